The average Bonchev–Trinajstić information content (AvgIpc) is 3.81. The monoisotopic (exact) mass is 798 g/mol. The van der Waals surface area contributed by atoms with Crippen LogP contribution in [0, 0.1) is 23.7 Å². The van der Waals surface area contributed by atoms with Gasteiger partial charge in [-0.2, -0.15) is 0 Å². The van der Waals surface area contributed by atoms with Gasteiger partial charge in [-0.15, -0.1) is 0 Å². The molecule has 5 N–H and O–H groups in total. The number of H-pyrrole nitrogens is 2. The highest BCUT2D eigenvalue weighted by molar-refractivity contribution is 5.91. The lowest BCUT2D eigenvalue weighted by Crippen LogP contribution is -2.52. The van der Waals surface area contributed by atoms with Gasteiger partial charge in [0.15, 0.2) is 0 Å². The third kappa shape index (κ3) is 7.18. The zero-order valence-electron chi connectivity index (χ0n) is 33.8. The van der Waals surface area contributed by atoms with E-state index in [2.05, 4.69) is 81.3 Å². The first-order chi connectivity index (χ1) is 28.4. The minimum absolute atomic E-state index is 0.101. The third-order valence-electron chi connectivity index (χ3n) is 12.8. The number of benzene rings is 3. The van der Waals surface area contributed by atoms with Crippen molar-refractivity contribution in [2.75, 3.05) is 7.11 Å². The SMILES string of the molecule is COC(=O)N[C@H](C(=O)N1[C@H](c2nc(-c3ccc4cc(-c5ccc(-c6c[nH]c([C@@H]7C[C@@H]8C[C@@H]8N7C(=O)[C@@H](NC(=O)O)C(C)C)n6)cc5)ccc4c3)c[nH]2)C[C@H]2C[C@@H]21)C(C)C. The molecular weight excluding hydrogens is 749 g/mol. The molecule has 2 aromatic heterocycles. The maximum atomic E-state index is 13.8. The van der Waals surface area contributed by atoms with E-state index < -0.39 is 24.3 Å². The number of nitrogens with one attached hydrogen (secondary N) is 4. The first kappa shape index (κ1) is 38.3. The molecule has 8 atom stereocenters. The Bertz CT molecular complexity index is 2440. The predicted octanol–water partition coefficient (Wildman–Crippen LogP) is 7.28. The Balaban J connectivity index is 0.883. The Kier molecular flexibility index (Phi) is 9.67. The Labute approximate surface area is 342 Å². The van der Waals surface area contributed by atoms with Crippen LogP contribution in [0.5, 0.6) is 0 Å². The first-order valence-corrected chi connectivity index (χ1v) is 20.6. The molecule has 4 aliphatic rings. The van der Waals surface area contributed by atoms with Crippen LogP contribution in [-0.4, -0.2) is 90.1 Å². The van der Waals surface area contributed by atoms with Crippen LogP contribution in [0.4, 0.5) is 9.59 Å². The maximum absolute atomic E-state index is 13.8. The summed E-state index contributed by atoms with van der Waals surface area (Å²) in [7, 11) is 1.30. The van der Waals surface area contributed by atoms with E-state index >= 15 is 0 Å². The number of hydrogen-bond acceptors (Lipinski definition) is 7. The van der Waals surface area contributed by atoms with Gasteiger partial charge >= 0.3 is 12.2 Å². The van der Waals surface area contributed by atoms with E-state index in [-0.39, 0.29) is 47.8 Å². The normalized spacial score (nSPS) is 23.8. The Morgan fingerprint density at radius 3 is 1.63 bits per heavy atom. The second-order valence-electron chi connectivity index (χ2n) is 17.3. The zero-order valence-corrected chi connectivity index (χ0v) is 33.8. The molecule has 2 saturated carbocycles. The number of carbonyl (C=O) groups excluding carboxylic acids is 3. The Morgan fingerprint density at radius 2 is 1.12 bits per heavy atom. The molecular formula is C45H50N8O6. The molecule has 0 spiro atoms. The zero-order chi connectivity index (χ0) is 41.3. The summed E-state index contributed by atoms with van der Waals surface area (Å²) in [6, 6.07) is 19.4. The minimum Gasteiger partial charge on any atom is -0.465 e. The van der Waals surface area contributed by atoms with Crippen molar-refractivity contribution in [2.24, 2.45) is 23.7 Å². The summed E-state index contributed by atoms with van der Waals surface area (Å²) in [4.78, 5) is 71.4. The number of amides is 4. The summed E-state index contributed by atoms with van der Waals surface area (Å²) >= 11 is 0. The third-order valence-corrected chi connectivity index (χ3v) is 12.8. The van der Waals surface area contributed by atoms with Crippen LogP contribution in [-0.2, 0) is 14.3 Å². The fourth-order valence-electron chi connectivity index (χ4n) is 9.43. The molecule has 5 aromatic rings. The number of likely N-dealkylation sites (tertiary alicyclic amines) is 2. The maximum Gasteiger partial charge on any atom is 0.407 e. The smallest absolute Gasteiger partial charge is 0.407 e. The van der Waals surface area contributed by atoms with Crippen molar-refractivity contribution in [1.82, 2.24) is 40.4 Å². The van der Waals surface area contributed by atoms with Gasteiger partial charge in [-0.1, -0.05) is 76.2 Å². The number of hydrogen-bond donors (Lipinski definition) is 5. The number of aromatic nitrogens is 4. The van der Waals surface area contributed by atoms with Crippen molar-refractivity contribution in [1.29, 1.82) is 0 Å². The molecule has 3 aromatic carbocycles. The number of fused-ring (bicyclic) bond motifs is 3. The van der Waals surface area contributed by atoms with Gasteiger partial charge in [-0.25, -0.2) is 19.6 Å². The molecule has 306 valence electrons. The standard InChI is InChI=1S/C45H50N8O6/c1-22(2)38(50-44(56)57)42(54)52-34-16-30(34)18-36(52)40-46-20-32(48-40)25-8-6-24(7-9-25)26-10-11-28-15-29(13-12-27(28)14-26)33-21-47-41(49-33)37-19-31-17-35(31)53(37)43(55)39(23(3)4)51-45(58)59-5/h6-15,20-23,30-31,34-39,50H,16-19H2,1-5H3,(H,46,48)(H,47,49)(H,51,58)(H,56,57)/t30-,31+,34-,35-,36-,37-,38-,39-/m0/s1. The van der Waals surface area contributed by atoms with Crippen molar-refractivity contribution in [3.05, 3.63) is 84.7 Å². The number of ether oxygens (including phenoxy) is 1. The molecule has 0 bridgehead atoms. The summed E-state index contributed by atoms with van der Waals surface area (Å²) in [6.45, 7) is 7.55. The number of imidazole rings is 2. The molecule has 2 aliphatic carbocycles. The highest BCUT2D eigenvalue weighted by Gasteiger charge is 2.57. The second-order valence-corrected chi connectivity index (χ2v) is 17.3. The predicted molar refractivity (Wildman–Crippen MR) is 221 cm³/mol. The molecule has 2 aliphatic heterocycles. The number of carbonyl (C=O) groups is 4. The van der Waals surface area contributed by atoms with E-state index in [0.717, 1.165) is 81.7 Å². The van der Waals surface area contributed by atoms with Gasteiger partial charge in [-0.05, 0) is 83.4 Å². The number of nitrogens with zero attached hydrogens (tertiary/aromatic N) is 4. The Hall–Kier alpha value is -6.18. The van der Waals surface area contributed by atoms with Crippen molar-refractivity contribution in [3.8, 4) is 33.6 Å². The van der Waals surface area contributed by atoms with E-state index in [1.165, 1.54) is 7.11 Å². The molecule has 14 heteroatoms. The van der Waals surface area contributed by atoms with Gasteiger partial charge in [0, 0.05) is 35.6 Å². The number of methoxy groups -OCH3 is 1. The largest absolute Gasteiger partial charge is 0.465 e. The van der Waals surface area contributed by atoms with E-state index in [4.69, 9.17) is 14.7 Å². The van der Waals surface area contributed by atoms with E-state index in [1.54, 1.807) is 0 Å². The van der Waals surface area contributed by atoms with Gasteiger partial charge in [0.25, 0.3) is 0 Å². The molecule has 0 radical (unpaired) electrons. The summed E-state index contributed by atoms with van der Waals surface area (Å²) in [5.74, 6) is 1.77. The lowest BCUT2D eigenvalue weighted by molar-refractivity contribution is -0.137. The van der Waals surface area contributed by atoms with Crippen molar-refractivity contribution in [3.63, 3.8) is 0 Å². The lowest BCUT2D eigenvalue weighted by atomic mass is 9.98. The summed E-state index contributed by atoms with van der Waals surface area (Å²) in [5.41, 5.74) is 5.68. The van der Waals surface area contributed by atoms with Crippen molar-refractivity contribution >= 4 is 34.8 Å². The quantitative estimate of drug-likeness (QED) is 0.0923. The minimum atomic E-state index is -1.20. The molecule has 14 nitrogen and oxygen atoms in total. The Morgan fingerprint density at radius 1 is 0.661 bits per heavy atom. The van der Waals surface area contributed by atoms with Gasteiger partial charge in [-0.3, -0.25) is 9.59 Å². The van der Waals surface area contributed by atoms with Gasteiger partial charge in [0.1, 0.15) is 23.7 Å². The van der Waals surface area contributed by atoms with Crippen LogP contribution in [0.1, 0.15) is 77.1 Å². The first-order valence-electron chi connectivity index (χ1n) is 20.6. The summed E-state index contributed by atoms with van der Waals surface area (Å²) < 4.78 is 4.80. The molecule has 59 heavy (non-hydrogen) atoms. The van der Waals surface area contributed by atoms with E-state index in [1.807, 2.05) is 49.9 Å². The van der Waals surface area contributed by atoms with Crippen LogP contribution in [0.25, 0.3) is 44.4 Å². The number of rotatable bonds is 11. The fourth-order valence-corrected chi connectivity index (χ4v) is 9.43. The van der Waals surface area contributed by atoms with Gasteiger partial charge in [0.2, 0.25) is 11.8 Å². The van der Waals surface area contributed by atoms with Crippen molar-refractivity contribution < 1.29 is 29.0 Å². The molecule has 4 amide bonds. The number of carboxylic acid groups (broad SMARTS) is 1. The summed E-state index contributed by atoms with van der Waals surface area (Å²) in [6.07, 6.45) is 5.54. The molecule has 4 fully saturated rings. The lowest BCUT2D eigenvalue weighted by Gasteiger charge is -2.31. The van der Waals surface area contributed by atoms with E-state index in [9.17, 15) is 24.3 Å². The highest BCUT2D eigenvalue weighted by atomic mass is 16.5. The topological polar surface area (TPSA) is 186 Å². The summed E-state index contributed by atoms with van der Waals surface area (Å²) in [5, 5.41) is 16.7. The number of aromatic amines is 2. The second kappa shape index (κ2) is 14.9. The van der Waals surface area contributed by atoms with Crippen LogP contribution >= 0.6 is 0 Å². The molecule has 0 unspecified atom stereocenters. The number of piperidine rings is 2. The van der Waals surface area contributed by atoms with Crippen LogP contribution in [0.2, 0.25) is 0 Å². The molecule has 4 heterocycles. The number of alkyl carbamates (subject to hydrolysis) is 1. The van der Waals surface area contributed by atoms with Crippen LogP contribution < -0.4 is 10.6 Å². The van der Waals surface area contributed by atoms with Crippen LogP contribution in [0.15, 0.2) is 73.1 Å². The molecule has 2 saturated heterocycles. The van der Waals surface area contributed by atoms with Gasteiger partial charge in [0.05, 0.1) is 30.6 Å². The van der Waals surface area contributed by atoms with Crippen LogP contribution in [0.3, 0.4) is 0 Å². The average molecular weight is 799 g/mol. The highest BCUT2D eigenvalue weighted by Crippen LogP contribution is 2.54. The van der Waals surface area contributed by atoms with E-state index in [0.29, 0.717) is 11.8 Å². The molecule has 9 rings (SSSR count). The fraction of sp³-hybridized carbons (Fsp3) is 0.422. The van der Waals surface area contributed by atoms with Gasteiger partial charge < -0.3 is 40.2 Å². The van der Waals surface area contributed by atoms with Crippen molar-refractivity contribution in [2.45, 2.75) is 89.6 Å².